The summed E-state index contributed by atoms with van der Waals surface area (Å²) >= 11 is 6.22. The lowest BCUT2D eigenvalue weighted by Crippen LogP contribution is -2.35. The van der Waals surface area contributed by atoms with Gasteiger partial charge < -0.3 is 15.0 Å². The number of carbonyl (C=O) groups is 2. The number of nitrogens with zero attached hydrogens (tertiary/aromatic N) is 4. The summed E-state index contributed by atoms with van der Waals surface area (Å²) in [7, 11) is 1.50. The Kier molecular flexibility index (Phi) is 5.36. The van der Waals surface area contributed by atoms with Crippen LogP contribution in [0.5, 0.6) is 5.75 Å². The molecule has 3 heterocycles. The minimum atomic E-state index is -4.91. The molecular weight excluding hydrogens is 487 g/mol. The first-order valence-electron chi connectivity index (χ1n) is 10.2. The van der Waals surface area contributed by atoms with E-state index in [1.807, 2.05) is 0 Å². The molecule has 1 aliphatic rings. The first kappa shape index (κ1) is 22.7. The van der Waals surface area contributed by atoms with Crippen LogP contribution in [0.2, 0.25) is 5.02 Å². The van der Waals surface area contributed by atoms with Crippen LogP contribution in [0.25, 0.3) is 16.5 Å². The molecule has 1 aliphatic heterocycles. The second-order valence-corrected chi connectivity index (χ2v) is 8.11. The number of hydrogen-bond donors (Lipinski definition) is 1. The smallest absolute Gasteiger partial charge is 0.434 e. The molecule has 8 nitrogen and oxygen atoms in total. The van der Waals surface area contributed by atoms with Crippen molar-refractivity contribution in [2.75, 3.05) is 23.9 Å². The monoisotopic (exact) mass is 501 g/mol. The summed E-state index contributed by atoms with van der Waals surface area (Å²) < 4.78 is 48.5. The Balaban J connectivity index is 1.56. The second kappa shape index (κ2) is 8.27. The van der Waals surface area contributed by atoms with Gasteiger partial charge in [0.25, 0.3) is 11.8 Å². The third kappa shape index (κ3) is 3.93. The standard InChI is InChI=1S/C23H15ClF3N5O3/c1-31-17-7-13(6-16(24)20(17)35-11-19(31)33)30-22(34)15-9-29-32(21(15)23(25,26)27)18-10-28-8-12-4-2-3-5-14(12)18/h2-10H,11H2,1H3,(H,30,34). The molecule has 0 bridgehead atoms. The molecule has 0 saturated heterocycles. The van der Waals surface area contributed by atoms with Crippen LogP contribution in [0.15, 0.2) is 55.0 Å². The van der Waals surface area contributed by atoms with E-state index in [0.717, 1.165) is 6.20 Å². The van der Waals surface area contributed by atoms with Gasteiger partial charge in [-0.1, -0.05) is 35.9 Å². The summed E-state index contributed by atoms with van der Waals surface area (Å²) in [5.74, 6) is -1.17. The van der Waals surface area contributed by atoms with Crippen LogP contribution in [-0.4, -0.2) is 40.2 Å². The van der Waals surface area contributed by atoms with Crippen molar-refractivity contribution < 1.29 is 27.5 Å². The third-order valence-electron chi connectivity index (χ3n) is 5.52. The molecule has 1 N–H and O–H groups in total. The first-order chi connectivity index (χ1) is 16.6. The molecule has 12 heteroatoms. The average Bonchev–Trinajstić information content (AvgIpc) is 3.27. The number of nitrogens with one attached hydrogen (secondary N) is 1. The maximum Gasteiger partial charge on any atom is 0.434 e. The zero-order chi connectivity index (χ0) is 24.9. The number of hydrogen-bond acceptors (Lipinski definition) is 5. The summed E-state index contributed by atoms with van der Waals surface area (Å²) in [4.78, 5) is 30.2. The van der Waals surface area contributed by atoms with Crippen LogP contribution in [0.4, 0.5) is 24.5 Å². The SMILES string of the molecule is CN1C(=O)COc2c(Cl)cc(NC(=O)c3cnn(-c4cncc5ccccc45)c3C(F)(F)F)cc21. The molecule has 0 radical (unpaired) electrons. The van der Waals surface area contributed by atoms with Crippen molar-refractivity contribution in [3.8, 4) is 11.4 Å². The summed E-state index contributed by atoms with van der Waals surface area (Å²) in [6.07, 6.45) is -1.29. The highest BCUT2D eigenvalue weighted by Crippen LogP contribution is 2.41. The van der Waals surface area contributed by atoms with E-state index in [4.69, 9.17) is 16.3 Å². The van der Waals surface area contributed by atoms with E-state index < -0.39 is 23.3 Å². The summed E-state index contributed by atoms with van der Waals surface area (Å²) in [6.45, 7) is -0.202. The normalized spacial score (nSPS) is 13.5. The van der Waals surface area contributed by atoms with Crippen LogP contribution < -0.4 is 15.0 Å². The summed E-state index contributed by atoms with van der Waals surface area (Å²) in [5.41, 5.74) is -1.52. The van der Waals surface area contributed by atoms with Gasteiger partial charge in [0, 0.05) is 29.7 Å². The minimum Gasteiger partial charge on any atom is -0.480 e. The van der Waals surface area contributed by atoms with E-state index >= 15 is 0 Å². The van der Waals surface area contributed by atoms with Gasteiger partial charge in [0.1, 0.15) is 0 Å². The van der Waals surface area contributed by atoms with Gasteiger partial charge in [0.15, 0.2) is 18.1 Å². The van der Waals surface area contributed by atoms with Gasteiger partial charge in [-0.2, -0.15) is 18.3 Å². The number of carbonyl (C=O) groups excluding carboxylic acids is 2. The molecule has 0 unspecified atom stereocenters. The topological polar surface area (TPSA) is 89.4 Å². The van der Waals surface area contributed by atoms with Gasteiger partial charge in [-0.25, -0.2) is 4.68 Å². The number of aromatic nitrogens is 3. The number of alkyl halides is 3. The van der Waals surface area contributed by atoms with Gasteiger partial charge in [-0.05, 0) is 12.1 Å². The third-order valence-corrected chi connectivity index (χ3v) is 5.80. The molecule has 0 spiro atoms. The lowest BCUT2D eigenvalue weighted by Gasteiger charge is -2.27. The Morgan fingerprint density at radius 2 is 1.91 bits per heavy atom. The summed E-state index contributed by atoms with van der Waals surface area (Å²) in [6, 6.07) is 9.49. The number of ether oxygens (including phenoxy) is 1. The van der Waals surface area contributed by atoms with Gasteiger partial charge in [0.2, 0.25) is 0 Å². The van der Waals surface area contributed by atoms with E-state index in [0.29, 0.717) is 15.5 Å². The second-order valence-electron chi connectivity index (χ2n) is 7.70. The van der Waals surface area contributed by atoms with Gasteiger partial charge in [-0.15, -0.1) is 0 Å². The van der Waals surface area contributed by atoms with Crippen molar-refractivity contribution in [2.45, 2.75) is 6.18 Å². The van der Waals surface area contributed by atoms with Crippen LogP contribution in [-0.2, 0) is 11.0 Å². The molecule has 2 aromatic carbocycles. The molecule has 0 fully saturated rings. The molecule has 5 rings (SSSR count). The molecule has 178 valence electrons. The van der Waals surface area contributed by atoms with Crippen LogP contribution in [0.3, 0.4) is 0 Å². The van der Waals surface area contributed by atoms with Crippen molar-refractivity contribution in [3.63, 3.8) is 0 Å². The highest BCUT2D eigenvalue weighted by molar-refractivity contribution is 6.33. The van der Waals surface area contributed by atoms with Crippen LogP contribution in [0, 0.1) is 0 Å². The molecule has 2 amide bonds. The predicted molar refractivity (Wildman–Crippen MR) is 122 cm³/mol. The lowest BCUT2D eigenvalue weighted by molar-refractivity contribution is -0.143. The molecule has 0 aliphatic carbocycles. The molecule has 4 aromatic rings. The van der Waals surface area contributed by atoms with Crippen LogP contribution >= 0.6 is 11.6 Å². The minimum absolute atomic E-state index is 0.0728. The number of benzene rings is 2. The average molecular weight is 502 g/mol. The highest BCUT2D eigenvalue weighted by Gasteiger charge is 2.41. The Bertz CT molecular complexity index is 1500. The zero-order valence-electron chi connectivity index (χ0n) is 17.9. The van der Waals surface area contributed by atoms with E-state index in [2.05, 4.69) is 15.4 Å². The molecule has 0 saturated carbocycles. The molecule has 2 aromatic heterocycles. The van der Waals surface area contributed by atoms with E-state index in [1.165, 1.54) is 36.5 Å². The zero-order valence-corrected chi connectivity index (χ0v) is 18.7. The summed E-state index contributed by atoms with van der Waals surface area (Å²) in [5, 5.41) is 7.47. The maximum atomic E-state index is 14.2. The number of fused-ring (bicyclic) bond motifs is 2. The van der Waals surface area contributed by atoms with Crippen LogP contribution in [0.1, 0.15) is 16.1 Å². The Labute approximate surface area is 200 Å². The highest BCUT2D eigenvalue weighted by atomic mass is 35.5. The first-order valence-corrected chi connectivity index (χ1v) is 10.6. The number of amides is 2. The lowest BCUT2D eigenvalue weighted by atomic mass is 10.1. The fourth-order valence-electron chi connectivity index (χ4n) is 3.85. The fourth-order valence-corrected chi connectivity index (χ4v) is 4.11. The van der Waals surface area contributed by atoms with E-state index in [9.17, 15) is 22.8 Å². The fraction of sp³-hybridized carbons (Fsp3) is 0.130. The van der Waals surface area contributed by atoms with E-state index in [-0.39, 0.29) is 40.3 Å². The number of halogens is 4. The van der Waals surface area contributed by atoms with E-state index in [1.54, 1.807) is 24.3 Å². The van der Waals surface area contributed by atoms with Crippen molar-refractivity contribution in [2.24, 2.45) is 0 Å². The quantitative estimate of drug-likeness (QED) is 0.439. The molecule has 0 atom stereocenters. The van der Waals surface area contributed by atoms with Gasteiger partial charge in [0.05, 0.1) is 34.4 Å². The maximum absolute atomic E-state index is 14.2. The number of anilines is 2. The Morgan fingerprint density at radius 1 is 1.14 bits per heavy atom. The van der Waals surface area contributed by atoms with Gasteiger partial charge in [-0.3, -0.25) is 14.6 Å². The predicted octanol–water partition coefficient (Wildman–Crippen LogP) is 4.70. The number of pyridine rings is 1. The largest absolute Gasteiger partial charge is 0.480 e. The number of likely N-dealkylation sites (N-methyl/N-ethyl adjacent to an activating group) is 1. The number of rotatable bonds is 3. The molecular formula is C23H15ClF3N5O3. The van der Waals surface area contributed by atoms with Crippen molar-refractivity contribution in [1.29, 1.82) is 0 Å². The van der Waals surface area contributed by atoms with Gasteiger partial charge >= 0.3 is 6.18 Å². The Hall–Kier alpha value is -4.12. The van der Waals surface area contributed by atoms with Crippen molar-refractivity contribution >= 4 is 45.6 Å². The van der Waals surface area contributed by atoms with Crippen molar-refractivity contribution in [3.05, 3.63) is 71.3 Å². The van der Waals surface area contributed by atoms with Crippen molar-refractivity contribution in [1.82, 2.24) is 14.8 Å². The Morgan fingerprint density at radius 3 is 2.69 bits per heavy atom. The molecule has 35 heavy (non-hydrogen) atoms.